The van der Waals surface area contributed by atoms with E-state index in [1.807, 2.05) is 13.8 Å². The van der Waals surface area contributed by atoms with E-state index in [9.17, 15) is 9.50 Å². The van der Waals surface area contributed by atoms with Crippen LogP contribution in [-0.2, 0) is 0 Å². The number of halogens is 1. The summed E-state index contributed by atoms with van der Waals surface area (Å²) in [5.41, 5.74) is 2.34. The smallest absolute Gasteiger partial charge is 0.164 e. The van der Waals surface area contributed by atoms with Gasteiger partial charge in [0.1, 0.15) is 5.82 Å². The Bertz CT molecular complexity index is 505. The molecule has 15 heavy (non-hydrogen) atoms. The summed E-state index contributed by atoms with van der Waals surface area (Å²) in [6.45, 7) is 3.73. The Hall–Kier alpha value is -1.84. The van der Waals surface area contributed by atoms with Gasteiger partial charge in [-0.25, -0.2) is 9.37 Å². The van der Waals surface area contributed by atoms with E-state index >= 15 is 0 Å². The van der Waals surface area contributed by atoms with E-state index in [4.69, 9.17) is 0 Å². The minimum Gasteiger partial charge on any atom is -0.505 e. The van der Waals surface area contributed by atoms with Crippen LogP contribution >= 0.6 is 0 Å². The number of benzene rings is 1. The predicted octanol–water partition coefficient (Wildman–Crippen LogP) is 2.54. The number of imidazole rings is 1. The number of hydrogen-bond donors (Lipinski definition) is 2. The fraction of sp³-hybridized carbons (Fsp3) is 0.182. The van der Waals surface area contributed by atoms with Crippen LogP contribution in [0.3, 0.4) is 0 Å². The molecule has 0 saturated carbocycles. The largest absolute Gasteiger partial charge is 0.505 e. The molecule has 0 saturated heterocycles. The molecular weight excluding hydrogens is 195 g/mol. The summed E-state index contributed by atoms with van der Waals surface area (Å²) in [5.74, 6) is -0.178. The van der Waals surface area contributed by atoms with Crippen LogP contribution < -0.4 is 0 Å². The summed E-state index contributed by atoms with van der Waals surface area (Å²) >= 11 is 0. The number of rotatable bonds is 1. The number of nitrogens with one attached hydrogen (secondary N) is 1. The maximum atomic E-state index is 12.8. The molecule has 0 atom stereocenters. The SMILES string of the molecule is Cc1nc(-c2ccc(F)c(O)c2)c(C)[nH]1. The van der Waals surface area contributed by atoms with Crippen LogP contribution in [0.2, 0.25) is 0 Å². The average Bonchev–Trinajstić information content (AvgIpc) is 2.50. The number of phenols is 1. The van der Waals surface area contributed by atoms with E-state index < -0.39 is 5.82 Å². The van der Waals surface area contributed by atoms with E-state index in [1.165, 1.54) is 12.1 Å². The second-order valence-electron chi connectivity index (χ2n) is 3.46. The fourth-order valence-electron chi connectivity index (χ4n) is 1.55. The quantitative estimate of drug-likeness (QED) is 0.753. The van der Waals surface area contributed by atoms with Crippen molar-refractivity contribution in [2.24, 2.45) is 0 Å². The Kier molecular flexibility index (Phi) is 2.19. The molecular formula is C11H11FN2O. The Morgan fingerprint density at radius 1 is 1.33 bits per heavy atom. The zero-order valence-corrected chi connectivity index (χ0v) is 8.50. The van der Waals surface area contributed by atoms with Gasteiger partial charge in [-0.3, -0.25) is 0 Å². The van der Waals surface area contributed by atoms with Gasteiger partial charge in [0.05, 0.1) is 5.69 Å². The lowest BCUT2D eigenvalue weighted by molar-refractivity contribution is 0.432. The Morgan fingerprint density at radius 2 is 2.07 bits per heavy atom. The predicted molar refractivity (Wildman–Crippen MR) is 55.1 cm³/mol. The van der Waals surface area contributed by atoms with Crippen molar-refractivity contribution in [1.82, 2.24) is 9.97 Å². The van der Waals surface area contributed by atoms with Crippen molar-refractivity contribution < 1.29 is 9.50 Å². The van der Waals surface area contributed by atoms with Crippen molar-refractivity contribution in [3.8, 4) is 17.0 Å². The van der Waals surface area contributed by atoms with Crippen molar-refractivity contribution >= 4 is 0 Å². The van der Waals surface area contributed by atoms with Crippen LogP contribution in [0.4, 0.5) is 4.39 Å². The molecule has 0 aliphatic rings. The van der Waals surface area contributed by atoms with Crippen molar-refractivity contribution in [2.75, 3.05) is 0 Å². The van der Waals surface area contributed by atoms with Gasteiger partial charge in [-0.2, -0.15) is 0 Å². The molecule has 2 rings (SSSR count). The third kappa shape index (κ3) is 1.70. The van der Waals surface area contributed by atoms with E-state index in [0.717, 1.165) is 17.2 Å². The number of hydrogen-bond acceptors (Lipinski definition) is 2. The second-order valence-corrected chi connectivity index (χ2v) is 3.46. The molecule has 0 aliphatic heterocycles. The van der Waals surface area contributed by atoms with Crippen molar-refractivity contribution in [3.05, 3.63) is 35.5 Å². The highest BCUT2D eigenvalue weighted by Crippen LogP contribution is 2.26. The maximum Gasteiger partial charge on any atom is 0.164 e. The van der Waals surface area contributed by atoms with E-state index in [0.29, 0.717) is 5.56 Å². The van der Waals surface area contributed by atoms with Crippen LogP contribution in [0.1, 0.15) is 11.5 Å². The minimum absolute atomic E-state index is 0.354. The van der Waals surface area contributed by atoms with Crippen molar-refractivity contribution in [2.45, 2.75) is 13.8 Å². The number of H-pyrrole nitrogens is 1. The summed E-state index contributed by atoms with van der Waals surface area (Å²) in [6.07, 6.45) is 0. The number of aromatic amines is 1. The number of aryl methyl sites for hydroxylation is 2. The molecule has 0 spiro atoms. The van der Waals surface area contributed by atoms with Gasteiger partial charge in [-0.15, -0.1) is 0 Å². The molecule has 4 heteroatoms. The molecule has 2 aromatic rings. The lowest BCUT2D eigenvalue weighted by Gasteiger charge is -2.00. The van der Waals surface area contributed by atoms with Crippen LogP contribution in [0.25, 0.3) is 11.3 Å². The molecule has 0 unspecified atom stereocenters. The molecule has 3 nitrogen and oxygen atoms in total. The van der Waals surface area contributed by atoms with Crippen LogP contribution in [0.15, 0.2) is 18.2 Å². The Labute approximate surface area is 86.6 Å². The summed E-state index contributed by atoms with van der Waals surface area (Å²) in [7, 11) is 0. The monoisotopic (exact) mass is 206 g/mol. The summed E-state index contributed by atoms with van der Waals surface area (Å²) in [4.78, 5) is 7.32. The molecule has 0 amide bonds. The minimum atomic E-state index is -0.622. The third-order valence-electron chi connectivity index (χ3n) is 2.22. The van der Waals surface area contributed by atoms with Gasteiger partial charge in [-0.05, 0) is 32.0 Å². The molecule has 0 aliphatic carbocycles. The van der Waals surface area contributed by atoms with E-state index in [2.05, 4.69) is 9.97 Å². The normalized spacial score (nSPS) is 10.6. The second kappa shape index (κ2) is 3.38. The number of nitrogens with zero attached hydrogens (tertiary/aromatic N) is 1. The van der Waals surface area contributed by atoms with Crippen molar-refractivity contribution in [1.29, 1.82) is 0 Å². The first kappa shape index (κ1) is 9.71. The van der Waals surface area contributed by atoms with Gasteiger partial charge < -0.3 is 10.1 Å². The number of aromatic hydroxyl groups is 1. The van der Waals surface area contributed by atoms with Gasteiger partial charge in [0.15, 0.2) is 11.6 Å². The van der Waals surface area contributed by atoms with Crippen LogP contribution in [0.5, 0.6) is 5.75 Å². The standard InChI is InChI=1S/C11H11FN2O/c1-6-11(14-7(2)13-6)8-3-4-9(12)10(15)5-8/h3-5,15H,1-2H3,(H,13,14). The first-order chi connectivity index (χ1) is 7.08. The maximum absolute atomic E-state index is 12.8. The van der Waals surface area contributed by atoms with E-state index in [1.54, 1.807) is 6.07 Å². The third-order valence-corrected chi connectivity index (χ3v) is 2.22. The summed E-state index contributed by atoms with van der Waals surface area (Å²) in [6, 6.07) is 4.20. The first-order valence-electron chi connectivity index (χ1n) is 4.60. The lowest BCUT2D eigenvalue weighted by atomic mass is 10.1. The molecule has 0 radical (unpaired) electrons. The molecule has 78 valence electrons. The van der Waals surface area contributed by atoms with Gasteiger partial charge in [-0.1, -0.05) is 0 Å². The van der Waals surface area contributed by atoms with Gasteiger partial charge >= 0.3 is 0 Å². The highest BCUT2D eigenvalue weighted by atomic mass is 19.1. The van der Waals surface area contributed by atoms with E-state index in [-0.39, 0.29) is 5.75 Å². The molecule has 1 heterocycles. The molecule has 1 aromatic heterocycles. The molecule has 0 bridgehead atoms. The zero-order valence-electron chi connectivity index (χ0n) is 8.50. The Balaban J connectivity index is 2.54. The van der Waals surface area contributed by atoms with Crippen LogP contribution in [-0.4, -0.2) is 15.1 Å². The summed E-state index contributed by atoms with van der Waals surface area (Å²) in [5, 5.41) is 9.25. The molecule has 1 aromatic carbocycles. The fourth-order valence-corrected chi connectivity index (χ4v) is 1.55. The first-order valence-corrected chi connectivity index (χ1v) is 4.60. The molecule has 2 N–H and O–H groups in total. The van der Waals surface area contributed by atoms with Crippen LogP contribution in [0, 0.1) is 19.7 Å². The zero-order chi connectivity index (χ0) is 11.0. The Morgan fingerprint density at radius 3 is 2.60 bits per heavy atom. The highest BCUT2D eigenvalue weighted by molar-refractivity contribution is 5.63. The van der Waals surface area contributed by atoms with Gasteiger partial charge in [0, 0.05) is 11.3 Å². The number of aromatic nitrogens is 2. The molecule has 0 fully saturated rings. The van der Waals surface area contributed by atoms with Gasteiger partial charge in [0.25, 0.3) is 0 Å². The lowest BCUT2D eigenvalue weighted by Crippen LogP contribution is -1.83. The van der Waals surface area contributed by atoms with Gasteiger partial charge in [0.2, 0.25) is 0 Å². The topological polar surface area (TPSA) is 48.9 Å². The highest BCUT2D eigenvalue weighted by Gasteiger charge is 2.09. The van der Waals surface area contributed by atoms with Crippen molar-refractivity contribution in [3.63, 3.8) is 0 Å². The average molecular weight is 206 g/mol. The summed E-state index contributed by atoms with van der Waals surface area (Å²) < 4.78 is 12.8. The number of phenolic OH excluding ortho intramolecular Hbond substituents is 1.